The summed E-state index contributed by atoms with van der Waals surface area (Å²) in [4.78, 5) is 11.2. The molecule has 2 aliphatic heterocycles. The van der Waals surface area contributed by atoms with Crippen LogP contribution in [0.4, 0.5) is 0 Å². The number of rotatable bonds is 3. The van der Waals surface area contributed by atoms with Gasteiger partial charge >= 0.3 is 0 Å². The number of hydroxylamine groups is 2. The van der Waals surface area contributed by atoms with E-state index in [1.54, 1.807) is 0 Å². The molecule has 2 fully saturated rings. The second kappa shape index (κ2) is 3.99. The molecule has 0 saturated carbocycles. The Kier molecular flexibility index (Phi) is 2.88. The number of carbonyl (C=O) groups excluding carboxylic acids is 1. The fraction of sp³-hybridized carbons (Fsp3) is 0.818. The molecular formula is C11H16NO2. The van der Waals surface area contributed by atoms with Crippen LogP contribution in [0.5, 0.6) is 0 Å². The molecule has 3 nitrogen and oxygen atoms in total. The molecule has 2 rings (SSSR count). The zero-order chi connectivity index (χ0) is 10.1. The van der Waals surface area contributed by atoms with Crippen molar-refractivity contribution in [2.75, 3.05) is 0 Å². The highest BCUT2D eigenvalue weighted by molar-refractivity contribution is 5.79. The summed E-state index contributed by atoms with van der Waals surface area (Å²) in [6.07, 6.45) is 4.55. The minimum absolute atomic E-state index is 0.133. The summed E-state index contributed by atoms with van der Waals surface area (Å²) in [5.74, 6) is 0.544. The number of fused-ring (bicyclic) bond motifs is 2. The van der Waals surface area contributed by atoms with E-state index in [9.17, 15) is 10.0 Å². The average molecular weight is 194 g/mol. The van der Waals surface area contributed by atoms with Gasteiger partial charge in [-0.3, -0.25) is 4.79 Å². The molecule has 2 atom stereocenters. The van der Waals surface area contributed by atoms with Crippen LogP contribution in [0, 0.1) is 12.8 Å². The topological polar surface area (TPSA) is 40.2 Å². The van der Waals surface area contributed by atoms with Crippen LogP contribution in [0.3, 0.4) is 0 Å². The van der Waals surface area contributed by atoms with Gasteiger partial charge in [-0.25, -0.2) is 0 Å². The first-order valence-electron chi connectivity index (χ1n) is 5.38. The first-order chi connectivity index (χ1) is 6.70. The largest absolute Gasteiger partial charge is 0.300 e. The van der Waals surface area contributed by atoms with Crippen molar-refractivity contribution in [3.05, 3.63) is 6.92 Å². The molecule has 2 heterocycles. The maximum atomic E-state index is 11.5. The van der Waals surface area contributed by atoms with Crippen LogP contribution < -0.4 is 0 Å². The molecule has 0 aromatic rings. The Morgan fingerprint density at radius 2 is 1.86 bits per heavy atom. The Morgan fingerprint density at radius 1 is 1.29 bits per heavy atom. The third kappa shape index (κ3) is 1.84. The van der Waals surface area contributed by atoms with Gasteiger partial charge in [0.05, 0.1) is 0 Å². The van der Waals surface area contributed by atoms with Crippen molar-refractivity contribution in [1.82, 2.24) is 5.06 Å². The molecule has 2 bridgehead atoms. The normalized spacial score (nSPS) is 37.4. The van der Waals surface area contributed by atoms with Crippen molar-refractivity contribution in [2.24, 2.45) is 5.92 Å². The van der Waals surface area contributed by atoms with E-state index >= 15 is 0 Å². The van der Waals surface area contributed by atoms with Gasteiger partial charge in [0.1, 0.15) is 5.78 Å². The van der Waals surface area contributed by atoms with Crippen LogP contribution in [0.2, 0.25) is 0 Å². The molecule has 0 N–H and O–H groups in total. The van der Waals surface area contributed by atoms with Gasteiger partial charge in [-0.05, 0) is 38.5 Å². The van der Waals surface area contributed by atoms with Crippen LogP contribution in [-0.2, 0) is 10.0 Å². The van der Waals surface area contributed by atoms with Crippen LogP contribution in [-0.4, -0.2) is 22.9 Å². The van der Waals surface area contributed by atoms with Crippen LogP contribution in [0.1, 0.15) is 38.5 Å². The Morgan fingerprint density at radius 3 is 2.36 bits per heavy atom. The van der Waals surface area contributed by atoms with Gasteiger partial charge in [0.15, 0.2) is 0 Å². The number of hydrogen-bond acceptors (Lipinski definition) is 2. The van der Waals surface area contributed by atoms with Crippen molar-refractivity contribution in [1.29, 1.82) is 0 Å². The Bertz CT molecular complexity index is 215. The van der Waals surface area contributed by atoms with E-state index in [0.717, 1.165) is 25.7 Å². The molecule has 0 spiro atoms. The van der Waals surface area contributed by atoms with Crippen LogP contribution in [0.25, 0.3) is 0 Å². The molecule has 0 amide bonds. The van der Waals surface area contributed by atoms with E-state index in [2.05, 4.69) is 0 Å². The molecule has 2 aliphatic rings. The van der Waals surface area contributed by atoms with E-state index in [1.165, 1.54) is 5.06 Å². The van der Waals surface area contributed by atoms with E-state index in [0.29, 0.717) is 12.3 Å². The predicted molar refractivity (Wildman–Crippen MR) is 50.6 cm³/mol. The Balaban J connectivity index is 1.90. The number of hydrogen-bond donors (Lipinski definition) is 0. The van der Waals surface area contributed by atoms with E-state index < -0.39 is 0 Å². The molecular weight excluding hydrogens is 178 g/mol. The Hall–Kier alpha value is -0.410. The second-order valence-corrected chi connectivity index (χ2v) is 4.53. The van der Waals surface area contributed by atoms with Gasteiger partial charge in [0.25, 0.3) is 0 Å². The van der Waals surface area contributed by atoms with Gasteiger partial charge in [0, 0.05) is 24.9 Å². The fourth-order valence-corrected chi connectivity index (χ4v) is 2.82. The summed E-state index contributed by atoms with van der Waals surface area (Å²) in [6.45, 7) is 5.28. The summed E-state index contributed by atoms with van der Waals surface area (Å²) in [5.41, 5.74) is 0. The van der Waals surface area contributed by atoms with E-state index in [4.69, 9.17) is 6.92 Å². The molecule has 3 heteroatoms. The number of nitrogens with zero attached hydrogens (tertiary/aromatic N) is 1. The maximum absolute atomic E-state index is 11.5. The first kappa shape index (κ1) is 10.1. The lowest BCUT2D eigenvalue weighted by Gasteiger charge is -2.32. The van der Waals surface area contributed by atoms with Gasteiger partial charge in [0.2, 0.25) is 0 Å². The molecule has 77 valence electrons. The van der Waals surface area contributed by atoms with Crippen molar-refractivity contribution in [3.8, 4) is 0 Å². The summed E-state index contributed by atoms with van der Waals surface area (Å²) < 4.78 is 0. The molecule has 14 heavy (non-hydrogen) atoms. The van der Waals surface area contributed by atoms with Crippen molar-refractivity contribution in [2.45, 2.75) is 50.6 Å². The summed E-state index contributed by atoms with van der Waals surface area (Å²) >= 11 is 0. The molecule has 0 aliphatic carbocycles. The zero-order valence-corrected chi connectivity index (χ0v) is 8.32. The first-order valence-corrected chi connectivity index (χ1v) is 5.38. The van der Waals surface area contributed by atoms with Gasteiger partial charge < -0.3 is 0 Å². The van der Waals surface area contributed by atoms with E-state index in [-0.39, 0.29) is 24.3 Å². The predicted octanol–water partition coefficient (Wildman–Crippen LogP) is 1.64. The van der Waals surface area contributed by atoms with Crippen LogP contribution in [0.15, 0.2) is 0 Å². The maximum Gasteiger partial charge on any atom is 0.133 e. The molecule has 2 unspecified atom stereocenters. The minimum Gasteiger partial charge on any atom is -0.300 e. The molecule has 2 saturated heterocycles. The van der Waals surface area contributed by atoms with Gasteiger partial charge in [-0.1, -0.05) is 0 Å². The summed E-state index contributed by atoms with van der Waals surface area (Å²) in [7, 11) is 0. The number of ketones is 1. The van der Waals surface area contributed by atoms with Crippen molar-refractivity contribution < 1.29 is 10.0 Å². The minimum atomic E-state index is 0.133. The third-order valence-corrected chi connectivity index (χ3v) is 3.51. The zero-order valence-electron chi connectivity index (χ0n) is 8.32. The lowest BCUT2D eigenvalue weighted by molar-refractivity contribution is -0.213. The molecule has 0 aromatic carbocycles. The average Bonchev–Trinajstić information content (AvgIpc) is 2.42. The lowest BCUT2D eigenvalue weighted by Crippen LogP contribution is -2.39. The molecule has 0 aromatic heterocycles. The third-order valence-electron chi connectivity index (χ3n) is 3.51. The van der Waals surface area contributed by atoms with Gasteiger partial charge in [-0.15, -0.1) is 10.3 Å². The monoisotopic (exact) mass is 194 g/mol. The highest BCUT2D eigenvalue weighted by Gasteiger charge is 2.41. The lowest BCUT2D eigenvalue weighted by atomic mass is 9.87. The second-order valence-electron chi connectivity index (χ2n) is 4.53. The highest BCUT2D eigenvalue weighted by Crippen LogP contribution is 2.38. The Labute approximate surface area is 85.0 Å². The van der Waals surface area contributed by atoms with Crippen LogP contribution >= 0.6 is 0 Å². The summed E-state index contributed by atoms with van der Waals surface area (Å²) in [6, 6.07) is 0.369. The molecule has 3 radical (unpaired) electrons. The quantitative estimate of drug-likeness (QED) is 0.685. The van der Waals surface area contributed by atoms with E-state index in [1.807, 2.05) is 0 Å². The van der Waals surface area contributed by atoms with Crippen molar-refractivity contribution in [3.63, 3.8) is 0 Å². The SMILES string of the molecule is [CH]CC(=O)CC1CC2CCC(C1)N2[O]. The summed E-state index contributed by atoms with van der Waals surface area (Å²) in [5, 5.41) is 12.7. The number of Topliss-reactive ketones (excluding diaryl/α,β-unsaturated/α-hetero) is 1. The number of piperidine rings is 1. The standard InChI is InChI=1S/C11H16NO2/c1-2-11(13)7-8-5-9-3-4-10(6-8)12(9)14/h1,8-10H,2-7H2. The number of carbonyl (C=O) groups is 1. The van der Waals surface area contributed by atoms with Crippen molar-refractivity contribution >= 4 is 5.78 Å². The fourth-order valence-electron chi connectivity index (χ4n) is 2.82. The highest BCUT2D eigenvalue weighted by atomic mass is 16.5. The van der Waals surface area contributed by atoms with Gasteiger partial charge in [-0.2, -0.15) is 0 Å². The smallest absolute Gasteiger partial charge is 0.133 e.